The third-order valence-electron chi connectivity index (χ3n) is 7.65. The monoisotopic (exact) mass is 529 g/mol. The van der Waals surface area contributed by atoms with Gasteiger partial charge in [0.1, 0.15) is 23.0 Å². The number of nitrogens with zero attached hydrogens (tertiary/aromatic N) is 4. The van der Waals surface area contributed by atoms with Crippen molar-refractivity contribution in [2.24, 2.45) is 0 Å². The molecule has 4 aromatic rings. The molecule has 2 aromatic heterocycles. The van der Waals surface area contributed by atoms with Gasteiger partial charge in [-0.15, -0.1) is 0 Å². The summed E-state index contributed by atoms with van der Waals surface area (Å²) in [7, 11) is 1.66. The van der Waals surface area contributed by atoms with E-state index >= 15 is 0 Å². The van der Waals surface area contributed by atoms with Crippen molar-refractivity contribution < 1.29 is 14.2 Å². The molecule has 9 heteroatoms. The SMILES string of the molecule is COc1cc(Nc2cc(N3CC4(C3)OCCO4)c3c(n2)C(c2ccccc2)CC3)ccc1-n1cnc(Cl)c1. The molecule has 7 rings (SSSR count). The summed E-state index contributed by atoms with van der Waals surface area (Å²) in [5, 5.41) is 3.97. The van der Waals surface area contributed by atoms with E-state index in [2.05, 4.69) is 51.6 Å². The smallest absolute Gasteiger partial charge is 0.204 e. The summed E-state index contributed by atoms with van der Waals surface area (Å²) >= 11 is 6.03. The Bertz CT molecular complexity index is 1480. The van der Waals surface area contributed by atoms with E-state index in [0.29, 0.717) is 24.1 Å². The third-order valence-corrected chi connectivity index (χ3v) is 7.84. The topological polar surface area (TPSA) is 73.7 Å². The molecule has 2 saturated heterocycles. The number of ether oxygens (including phenoxy) is 3. The van der Waals surface area contributed by atoms with Crippen LogP contribution in [-0.2, 0) is 15.9 Å². The highest BCUT2D eigenvalue weighted by molar-refractivity contribution is 6.29. The van der Waals surface area contributed by atoms with Gasteiger partial charge in [-0.3, -0.25) is 0 Å². The van der Waals surface area contributed by atoms with Crippen molar-refractivity contribution in [2.75, 3.05) is 43.6 Å². The van der Waals surface area contributed by atoms with Gasteiger partial charge in [-0.1, -0.05) is 41.9 Å². The number of pyridine rings is 1. The van der Waals surface area contributed by atoms with Gasteiger partial charge in [0.25, 0.3) is 0 Å². The molecule has 8 nitrogen and oxygen atoms in total. The first-order chi connectivity index (χ1) is 18.6. The maximum absolute atomic E-state index is 6.03. The lowest BCUT2D eigenvalue weighted by Crippen LogP contribution is -2.63. The molecule has 1 atom stereocenters. The number of hydrogen-bond donors (Lipinski definition) is 1. The molecular weight excluding hydrogens is 502 g/mol. The molecule has 1 spiro atoms. The van der Waals surface area contributed by atoms with Crippen LogP contribution >= 0.6 is 11.6 Å². The normalized spacial score (nSPS) is 19.4. The molecule has 0 amide bonds. The zero-order chi connectivity index (χ0) is 25.7. The Balaban J connectivity index is 1.24. The molecule has 1 N–H and O–H groups in total. The van der Waals surface area contributed by atoms with Crippen LogP contribution in [0, 0.1) is 0 Å². The molecule has 0 bridgehead atoms. The Morgan fingerprint density at radius 1 is 1.05 bits per heavy atom. The van der Waals surface area contributed by atoms with Crippen LogP contribution in [0.5, 0.6) is 5.75 Å². The fourth-order valence-corrected chi connectivity index (χ4v) is 5.98. The van der Waals surface area contributed by atoms with Crippen molar-refractivity contribution in [3.05, 3.63) is 89.1 Å². The van der Waals surface area contributed by atoms with E-state index < -0.39 is 5.79 Å². The average Bonchev–Trinajstić information content (AvgIpc) is 3.68. The van der Waals surface area contributed by atoms with Crippen LogP contribution < -0.4 is 15.0 Å². The summed E-state index contributed by atoms with van der Waals surface area (Å²) in [4.78, 5) is 11.6. The lowest BCUT2D eigenvalue weighted by atomic mass is 9.96. The zero-order valence-corrected chi connectivity index (χ0v) is 21.8. The van der Waals surface area contributed by atoms with Crippen LogP contribution in [0.1, 0.15) is 29.2 Å². The third kappa shape index (κ3) is 4.09. The molecular formula is C29H28ClN5O3. The minimum Gasteiger partial charge on any atom is -0.494 e. The minimum atomic E-state index is -0.458. The standard InChI is InChI=1S/C29H28ClN5O3/c1-36-25-13-20(7-10-23(25)34-15-26(30)31-18-34)32-27-14-24(35-16-29(17-35)37-11-12-38-29)22-9-8-21(28(22)33-27)19-5-3-2-4-6-19/h2-7,10,13-15,18,21H,8-9,11-12,16-17H2,1H3,(H,32,33). The minimum absolute atomic E-state index is 0.267. The van der Waals surface area contributed by atoms with Gasteiger partial charge >= 0.3 is 0 Å². The number of hydrogen-bond acceptors (Lipinski definition) is 7. The molecule has 0 radical (unpaired) electrons. The summed E-state index contributed by atoms with van der Waals surface area (Å²) in [5.41, 5.74) is 6.70. The summed E-state index contributed by atoms with van der Waals surface area (Å²) in [6, 6.07) is 18.8. The number of benzene rings is 2. The highest BCUT2D eigenvalue weighted by Gasteiger charge is 2.49. The van der Waals surface area contributed by atoms with Crippen molar-refractivity contribution in [1.82, 2.24) is 14.5 Å². The number of fused-ring (bicyclic) bond motifs is 1. The fraction of sp³-hybridized carbons (Fsp3) is 0.310. The van der Waals surface area contributed by atoms with Crippen molar-refractivity contribution in [3.8, 4) is 11.4 Å². The van der Waals surface area contributed by atoms with Gasteiger partial charge in [0.15, 0.2) is 0 Å². The highest BCUT2D eigenvalue weighted by atomic mass is 35.5. The molecule has 194 valence electrons. The van der Waals surface area contributed by atoms with Crippen molar-refractivity contribution >= 4 is 28.8 Å². The molecule has 38 heavy (non-hydrogen) atoms. The van der Waals surface area contributed by atoms with E-state index in [1.54, 1.807) is 19.6 Å². The second-order valence-corrected chi connectivity index (χ2v) is 10.4. The van der Waals surface area contributed by atoms with E-state index in [4.69, 9.17) is 30.8 Å². The molecule has 2 fully saturated rings. The molecule has 2 aromatic carbocycles. The van der Waals surface area contributed by atoms with Crippen molar-refractivity contribution in [3.63, 3.8) is 0 Å². The number of aromatic nitrogens is 3. The van der Waals surface area contributed by atoms with Gasteiger partial charge in [0, 0.05) is 35.6 Å². The Kier molecular flexibility index (Phi) is 5.76. The molecule has 1 aliphatic carbocycles. The van der Waals surface area contributed by atoms with E-state index in [1.807, 2.05) is 22.8 Å². The Morgan fingerprint density at radius 3 is 2.61 bits per heavy atom. The Labute approximate surface area is 226 Å². The average molecular weight is 530 g/mol. The van der Waals surface area contributed by atoms with Crippen molar-refractivity contribution in [2.45, 2.75) is 24.5 Å². The lowest BCUT2D eigenvalue weighted by molar-refractivity contribution is -0.172. The van der Waals surface area contributed by atoms with Gasteiger partial charge in [0.2, 0.25) is 5.79 Å². The Hall–Kier alpha value is -3.59. The molecule has 2 aliphatic heterocycles. The summed E-state index contributed by atoms with van der Waals surface area (Å²) in [5.74, 6) is 1.31. The van der Waals surface area contributed by atoms with Gasteiger partial charge in [-0.05, 0) is 36.1 Å². The second-order valence-electron chi connectivity index (χ2n) is 9.97. The maximum atomic E-state index is 6.03. The first-order valence-electron chi connectivity index (χ1n) is 12.9. The van der Waals surface area contributed by atoms with Crippen LogP contribution in [-0.4, -0.2) is 53.7 Å². The molecule has 1 unspecified atom stereocenters. The summed E-state index contributed by atoms with van der Waals surface area (Å²) in [6.45, 7) is 2.78. The molecule has 4 heterocycles. The lowest BCUT2D eigenvalue weighted by Gasteiger charge is -2.47. The van der Waals surface area contributed by atoms with Crippen LogP contribution in [0.15, 0.2) is 67.1 Å². The van der Waals surface area contributed by atoms with Gasteiger partial charge in [-0.2, -0.15) is 0 Å². The first kappa shape index (κ1) is 23.5. The van der Waals surface area contributed by atoms with Gasteiger partial charge in [-0.25, -0.2) is 9.97 Å². The van der Waals surface area contributed by atoms with Crippen LogP contribution in [0.2, 0.25) is 5.15 Å². The predicted molar refractivity (Wildman–Crippen MR) is 146 cm³/mol. The van der Waals surface area contributed by atoms with Gasteiger partial charge < -0.3 is 29.0 Å². The number of halogens is 1. The quantitative estimate of drug-likeness (QED) is 0.362. The Morgan fingerprint density at radius 2 is 1.87 bits per heavy atom. The number of methoxy groups -OCH3 is 1. The predicted octanol–water partition coefficient (Wildman–Crippen LogP) is 5.31. The number of imidazole rings is 1. The highest BCUT2D eigenvalue weighted by Crippen LogP contribution is 2.45. The van der Waals surface area contributed by atoms with E-state index in [0.717, 1.165) is 48.8 Å². The van der Waals surface area contributed by atoms with Crippen LogP contribution in [0.3, 0.4) is 0 Å². The van der Waals surface area contributed by atoms with E-state index in [-0.39, 0.29) is 5.92 Å². The zero-order valence-electron chi connectivity index (χ0n) is 21.1. The maximum Gasteiger partial charge on any atom is 0.204 e. The largest absolute Gasteiger partial charge is 0.494 e. The van der Waals surface area contributed by atoms with Gasteiger partial charge in [0.05, 0.1) is 44.8 Å². The fourth-order valence-electron chi connectivity index (χ4n) is 5.84. The summed E-state index contributed by atoms with van der Waals surface area (Å²) in [6.07, 6.45) is 5.47. The number of nitrogens with one attached hydrogen (secondary N) is 1. The first-order valence-corrected chi connectivity index (χ1v) is 13.3. The van der Waals surface area contributed by atoms with Crippen LogP contribution in [0.4, 0.5) is 17.2 Å². The van der Waals surface area contributed by atoms with E-state index in [9.17, 15) is 0 Å². The van der Waals surface area contributed by atoms with E-state index in [1.165, 1.54) is 16.8 Å². The number of rotatable bonds is 6. The molecule has 0 saturated carbocycles. The summed E-state index contributed by atoms with van der Waals surface area (Å²) < 4.78 is 19.4. The molecule has 3 aliphatic rings. The van der Waals surface area contributed by atoms with Crippen LogP contribution in [0.25, 0.3) is 5.69 Å². The number of anilines is 3. The second kappa shape index (κ2) is 9.31. The van der Waals surface area contributed by atoms with Crippen molar-refractivity contribution in [1.29, 1.82) is 0 Å².